The van der Waals surface area contributed by atoms with Crippen LogP contribution in [0.1, 0.15) is 27.1 Å². The third-order valence-electron chi connectivity index (χ3n) is 4.76. The van der Waals surface area contributed by atoms with Crippen molar-refractivity contribution >= 4 is 23.9 Å². The summed E-state index contributed by atoms with van der Waals surface area (Å²) in [7, 11) is 0. The van der Waals surface area contributed by atoms with E-state index in [0.717, 1.165) is 0 Å². The van der Waals surface area contributed by atoms with E-state index in [1.54, 1.807) is 36.4 Å². The number of ether oxygens (including phenoxy) is 2. The molecule has 29 heavy (non-hydrogen) atoms. The molecule has 2 N–H and O–H groups in total. The maximum absolute atomic E-state index is 12.4. The molecule has 0 spiro atoms. The highest BCUT2D eigenvalue weighted by atomic mass is 16.6. The first-order valence-corrected chi connectivity index (χ1v) is 8.86. The molecule has 0 aliphatic heterocycles. The van der Waals surface area contributed by atoms with Gasteiger partial charge in [0.25, 0.3) is 0 Å². The van der Waals surface area contributed by atoms with Crippen LogP contribution in [0, 0.1) is 11.8 Å². The summed E-state index contributed by atoms with van der Waals surface area (Å²) < 4.78 is 10.7. The molecule has 0 bridgehead atoms. The lowest BCUT2D eigenvalue weighted by Gasteiger charge is -2.24. The molecule has 150 valence electrons. The molecule has 1 saturated carbocycles. The molecule has 4 atom stereocenters. The Kier molecular flexibility index (Phi) is 5.92. The molecule has 8 heteroatoms. The average molecular weight is 398 g/mol. The fraction of sp³-hybridized carbons (Fsp3) is 0.238. The second-order valence-electron chi connectivity index (χ2n) is 6.60. The summed E-state index contributed by atoms with van der Waals surface area (Å²) in [6.45, 7) is 0. The maximum atomic E-state index is 12.4. The zero-order valence-electron chi connectivity index (χ0n) is 15.1. The Morgan fingerprint density at radius 1 is 0.655 bits per heavy atom. The summed E-state index contributed by atoms with van der Waals surface area (Å²) in [5.74, 6) is -6.96. The van der Waals surface area contributed by atoms with Crippen LogP contribution < -0.4 is 0 Å². The first kappa shape index (κ1) is 20.1. The summed E-state index contributed by atoms with van der Waals surface area (Å²) in [5, 5.41) is 19.0. The summed E-state index contributed by atoms with van der Waals surface area (Å²) >= 11 is 0. The van der Waals surface area contributed by atoms with Crippen LogP contribution in [-0.4, -0.2) is 46.3 Å². The largest absolute Gasteiger partial charge is 0.481 e. The zero-order chi connectivity index (χ0) is 21.0. The van der Waals surface area contributed by atoms with Gasteiger partial charge in [-0.05, 0) is 30.7 Å². The molecule has 1 fully saturated rings. The lowest BCUT2D eigenvalue weighted by molar-refractivity contribution is -0.148. The van der Waals surface area contributed by atoms with Crippen molar-refractivity contribution in [2.45, 2.75) is 18.6 Å². The van der Waals surface area contributed by atoms with Gasteiger partial charge in [-0.3, -0.25) is 9.59 Å². The van der Waals surface area contributed by atoms with Gasteiger partial charge in [0, 0.05) is 0 Å². The number of carboxylic acids is 2. The summed E-state index contributed by atoms with van der Waals surface area (Å²) in [5.41, 5.74) is 0.340. The Morgan fingerprint density at radius 2 is 1.00 bits per heavy atom. The number of aliphatic carboxylic acids is 2. The van der Waals surface area contributed by atoms with Crippen LogP contribution in [0.3, 0.4) is 0 Å². The van der Waals surface area contributed by atoms with E-state index in [9.17, 15) is 29.4 Å². The van der Waals surface area contributed by atoms with Crippen molar-refractivity contribution in [2.24, 2.45) is 11.8 Å². The van der Waals surface area contributed by atoms with Gasteiger partial charge in [0.1, 0.15) is 0 Å². The van der Waals surface area contributed by atoms with Crippen LogP contribution >= 0.6 is 0 Å². The number of esters is 2. The van der Waals surface area contributed by atoms with E-state index in [4.69, 9.17) is 9.47 Å². The summed E-state index contributed by atoms with van der Waals surface area (Å²) in [6.07, 6.45) is -3.20. The van der Waals surface area contributed by atoms with Crippen molar-refractivity contribution in [3.63, 3.8) is 0 Å². The van der Waals surface area contributed by atoms with E-state index in [-0.39, 0.29) is 17.5 Å². The Bertz CT molecular complexity index is 833. The molecular weight excluding hydrogens is 380 g/mol. The van der Waals surface area contributed by atoms with Crippen molar-refractivity contribution in [2.75, 3.05) is 0 Å². The lowest BCUT2D eigenvalue weighted by Crippen LogP contribution is -2.40. The first-order valence-electron chi connectivity index (χ1n) is 8.86. The number of rotatable bonds is 6. The molecular formula is C21H18O8. The van der Waals surface area contributed by atoms with Crippen molar-refractivity contribution in [3.05, 3.63) is 71.8 Å². The van der Waals surface area contributed by atoms with E-state index in [2.05, 4.69) is 0 Å². The number of benzene rings is 2. The minimum atomic E-state index is -1.44. The van der Waals surface area contributed by atoms with E-state index < -0.39 is 47.9 Å². The Morgan fingerprint density at radius 3 is 1.31 bits per heavy atom. The van der Waals surface area contributed by atoms with E-state index in [1.165, 1.54) is 24.3 Å². The Hall–Kier alpha value is -3.68. The van der Waals surface area contributed by atoms with Gasteiger partial charge in [0.15, 0.2) is 12.2 Å². The lowest BCUT2D eigenvalue weighted by atomic mass is 10.0. The molecule has 0 saturated heterocycles. The van der Waals surface area contributed by atoms with Crippen molar-refractivity contribution < 1.29 is 38.9 Å². The number of hydrogen-bond acceptors (Lipinski definition) is 6. The maximum Gasteiger partial charge on any atom is 0.338 e. The number of hydrogen-bond donors (Lipinski definition) is 2. The molecule has 0 radical (unpaired) electrons. The Labute approximate surface area is 165 Å². The predicted octanol–water partition coefficient (Wildman–Crippen LogP) is 2.24. The molecule has 2 aromatic carbocycles. The molecule has 1 aliphatic carbocycles. The number of carbonyl (C=O) groups is 4. The van der Waals surface area contributed by atoms with Crippen LogP contribution in [0.2, 0.25) is 0 Å². The summed E-state index contributed by atoms with van der Waals surface area (Å²) in [6, 6.07) is 15.7. The van der Waals surface area contributed by atoms with E-state index in [0.29, 0.717) is 0 Å². The van der Waals surface area contributed by atoms with Gasteiger partial charge in [-0.1, -0.05) is 36.4 Å². The fourth-order valence-electron chi connectivity index (χ4n) is 3.31. The molecule has 0 unspecified atom stereocenters. The Balaban J connectivity index is 1.89. The van der Waals surface area contributed by atoms with Gasteiger partial charge >= 0.3 is 23.9 Å². The van der Waals surface area contributed by atoms with Crippen LogP contribution in [-0.2, 0) is 19.1 Å². The fourth-order valence-corrected chi connectivity index (χ4v) is 3.31. The van der Waals surface area contributed by atoms with Gasteiger partial charge in [-0.15, -0.1) is 0 Å². The van der Waals surface area contributed by atoms with Crippen LogP contribution in [0.15, 0.2) is 60.7 Å². The topological polar surface area (TPSA) is 127 Å². The number of carbonyl (C=O) groups excluding carboxylic acids is 2. The van der Waals surface area contributed by atoms with Crippen LogP contribution in [0.4, 0.5) is 0 Å². The van der Waals surface area contributed by atoms with E-state index in [1.807, 2.05) is 0 Å². The van der Waals surface area contributed by atoms with Crippen molar-refractivity contribution in [1.82, 2.24) is 0 Å². The van der Waals surface area contributed by atoms with Gasteiger partial charge in [0.2, 0.25) is 0 Å². The molecule has 0 amide bonds. The smallest absolute Gasteiger partial charge is 0.338 e. The summed E-state index contributed by atoms with van der Waals surface area (Å²) in [4.78, 5) is 48.2. The highest BCUT2D eigenvalue weighted by Crippen LogP contribution is 2.37. The second-order valence-corrected chi connectivity index (χ2v) is 6.60. The minimum absolute atomic E-state index is 0.170. The van der Waals surface area contributed by atoms with Crippen molar-refractivity contribution in [1.29, 1.82) is 0 Å². The van der Waals surface area contributed by atoms with Crippen molar-refractivity contribution in [3.8, 4) is 0 Å². The highest BCUT2D eigenvalue weighted by Gasteiger charge is 2.54. The highest BCUT2D eigenvalue weighted by molar-refractivity contribution is 5.91. The molecule has 3 rings (SSSR count). The zero-order valence-corrected chi connectivity index (χ0v) is 15.1. The first-order chi connectivity index (χ1) is 13.9. The molecule has 0 heterocycles. The average Bonchev–Trinajstić information content (AvgIpc) is 3.07. The molecule has 0 aromatic heterocycles. The van der Waals surface area contributed by atoms with Gasteiger partial charge in [-0.25, -0.2) is 9.59 Å². The third kappa shape index (κ3) is 4.43. The molecule has 1 aliphatic rings. The monoisotopic (exact) mass is 398 g/mol. The molecule has 8 nitrogen and oxygen atoms in total. The number of carboxylic acid groups (broad SMARTS) is 2. The third-order valence-corrected chi connectivity index (χ3v) is 4.76. The normalized spacial score (nSPS) is 23.2. The quantitative estimate of drug-likeness (QED) is 0.709. The minimum Gasteiger partial charge on any atom is -0.481 e. The second kappa shape index (κ2) is 8.55. The van der Waals surface area contributed by atoms with Crippen LogP contribution in [0.5, 0.6) is 0 Å². The van der Waals surface area contributed by atoms with Gasteiger partial charge in [-0.2, -0.15) is 0 Å². The standard InChI is InChI=1S/C21H18O8/c22-18(23)14-11-15(19(24)25)17(29-21(27)13-9-5-2-6-10-13)16(14)28-20(26)12-7-3-1-4-8-12/h1-10,14-17H,11H2,(H,22,23)(H,24,25)/t14-,15+,16+,17-. The predicted molar refractivity (Wildman–Crippen MR) is 98.2 cm³/mol. The van der Waals surface area contributed by atoms with Gasteiger partial charge < -0.3 is 19.7 Å². The SMILES string of the molecule is O=C(O[C@@H]1[C@H](OC(=O)c2ccccc2)[C@@H](C(=O)O)C[C@H]1C(=O)O)c1ccccc1. The van der Waals surface area contributed by atoms with Gasteiger partial charge in [0.05, 0.1) is 23.0 Å². The van der Waals surface area contributed by atoms with E-state index >= 15 is 0 Å². The van der Waals surface area contributed by atoms with Crippen LogP contribution in [0.25, 0.3) is 0 Å². The molecule has 2 aromatic rings.